The van der Waals surface area contributed by atoms with Gasteiger partial charge in [0.05, 0.1) is 7.11 Å². The number of allylic oxidation sites excluding steroid dienone is 3. The molecule has 0 aromatic carbocycles. The van der Waals surface area contributed by atoms with Crippen molar-refractivity contribution in [2.75, 3.05) is 13.7 Å². The summed E-state index contributed by atoms with van der Waals surface area (Å²) in [6.07, 6.45) is 11.7. The number of carbonyl (C=O) groups is 3. The first kappa shape index (κ1) is 39.2. The Morgan fingerprint density at radius 2 is 1.63 bits per heavy atom. The predicted octanol–water partition coefficient (Wildman–Crippen LogP) is 5.86. The van der Waals surface area contributed by atoms with Crippen molar-refractivity contribution >= 4 is 64.6 Å². The number of methoxy groups -OCH3 is 1. The monoisotopic (exact) mass is 712 g/mol. The van der Waals surface area contributed by atoms with Crippen LogP contribution in [0.25, 0.3) is 29.1 Å². The van der Waals surface area contributed by atoms with Crippen molar-refractivity contribution in [2.45, 2.75) is 87.5 Å². The molecule has 3 aromatic rings. The Hall–Kier alpha value is -4.02. The Labute approximate surface area is 322 Å². The largest absolute Gasteiger partial charge is 2.00 e. The molecule has 0 spiro atoms. The first-order chi connectivity index (χ1) is 24.3. The molecule has 0 N–H and O–H groups in total. The van der Waals surface area contributed by atoms with Gasteiger partial charge in [0, 0.05) is 12.0 Å². The SMILES string of the molecule is COC(=O)[C@H]1C(=O)c2c3[n-]c(c2C)/C=c2\[n-]/c(cc2C)=C\c2[n-]c(c(C)c2C)/C=C2\[N-]/C(=C\31)[C@@H](CCC(=O)OC/C=C(\C)CCCC(C)C)[C@@H]2C.[Mg+2]. The van der Waals surface area contributed by atoms with E-state index in [9.17, 15) is 14.4 Å². The molecule has 2 aliphatic heterocycles. The van der Waals surface area contributed by atoms with Gasteiger partial charge < -0.3 is 29.7 Å². The molecule has 6 rings (SSSR count). The first-order valence-corrected chi connectivity index (χ1v) is 18.0. The second kappa shape index (κ2) is 15.9. The molecular weight excluding hydrogens is 665 g/mol. The minimum absolute atomic E-state index is 0. The van der Waals surface area contributed by atoms with Gasteiger partial charge in [-0.25, -0.2) is 0 Å². The summed E-state index contributed by atoms with van der Waals surface area (Å²) in [5.74, 6) is -2.29. The number of Topliss-reactive ketones (excluding diaryl/α,β-unsaturated/α-hetero) is 1. The van der Waals surface area contributed by atoms with Crippen LogP contribution in [0, 0.1) is 51.4 Å². The Morgan fingerprint density at radius 1 is 0.942 bits per heavy atom. The zero-order valence-electron chi connectivity index (χ0n) is 32.0. The maximum atomic E-state index is 14.1. The van der Waals surface area contributed by atoms with Crippen molar-refractivity contribution in [1.29, 1.82) is 0 Å². The van der Waals surface area contributed by atoms with Gasteiger partial charge in [0.15, 0.2) is 5.78 Å². The second-order valence-electron chi connectivity index (χ2n) is 14.8. The summed E-state index contributed by atoms with van der Waals surface area (Å²) in [5, 5.41) is 6.71. The molecule has 0 amide bonds. The molecule has 0 saturated carbocycles. The van der Waals surface area contributed by atoms with E-state index in [1.54, 1.807) is 0 Å². The van der Waals surface area contributed by atoms with Gasteiger partial charge in [0.25, 0.3) is 0 Å². The molecule has 0 radical (unpaired) electrons. The smallest absolute Gasteiger partial charge is 0.664 e. The summed E-state index contributed by atoms with van der Waals surface area (Å²) >= 11 is 0. The third-order valence-corrected chi connectivity index (χ3v) is 10.8. The van der Waals surface area contributed by atoms with E-state index < -0.39 is 11.9 Å². The van der Waals surface area contributed by atoms with Gasteiger partial charge in [-0.15, -0.1) is 33.5 Å². The molecule has 1 saturated heterocycles. The minimum atomic E-state index is -1.20. The Balaban J connectivity index is 0.00000523. The fraction of sp³-hybridized carbons (Fsp3) is 0.452. The van der Waals surface area contributed by atoms with Crippen LogP contribution in [-0.4, -0.2) is 54.5 Å². The van der Waals surface area contributed by atoms with Crippen molar-refractivity contribution in [3.05, 3.63) is 95.7 Å². The van der Waals surface area contributed by atoms with Crippen molar-refractivity contribution in [1.82, 2.24) is 15.0 Å². The number of rotatable bonds is 10. The van der Waals surface area contributed by atoms with E-state index in [1.165, 1.54) is 19.1 Å². The molecular formula is C42H48MgN4O5-2. The van der Waals surface area contributed by atoms with Crippen LogP contribution in [-0.2, 0) is 19.1 Å². The molecule has 1 fully saturated rings. The predicted molar refractivity (Wildman–Crippen MR) is 204 cm³/mol. The van der Waals surface area contributed by atoms with Crippen LogP contribution < -0.4 is 25.7 Å². The van der Waals surface area contributed by atoms with Gasteiger partial charge in [0.1, 0.15) is 12.5 Å². The van der Waals surface area contributed by atoms with Gasteiger partial charge in [-0.3, -0.25) is 14.4 Å². The zero-order chi connectivity index (χ0) is 36.7. The number of ether oxygens (including phenoxy) is 2. The maximum Gasteiger partial charge on any atom is 2.00 e. The van der Waals surface area contributed by atoms with Crippen LogP contribution in [0.5, 0.6) is 0 Å². The Kier molecular flexibility index (Phi) is 12.0. The number of hydrogen-bond acceptors (Lipinski definition) is 5. The van der Waals surface area contributed by atoms with E-state index in [2.05, 4.69) is 34.6 Å². The fourth-order valence-corrected chi connectivity index (χ4v) is 7.47. The van der Waals surface area contributed by atoms with Crippen LogP contribution in [0.4, 0.5) is 0 Å². The number of nitrogens with zero attached hydrogens (tertiary/aromatic N) is 4. The second-order valence-corrected chi connectivity index (χ2v) is 14.8. The number of aryl methyl sites for hydroxylation is 1. The Morgan fingerprint density at radius 3 is 2.33 bits per heavy atom. The summed E-state index contributed by atoms with van der Waals surface area (Å²) < 4.78 is 10.8. The van der Waals surface area contributed by atoms with E-state index in [-0.39, 0.29) is 59.7 Å². The maximum absolute atomic E-state index is 14.1. The minimum Gasteiger partial charge on any atom is -0.664 e. The fourth-order valence-electron chi connectivity index (χ4n) is 7.47. The van der Waals surface area contributed by atoms with Crippen molar-refractivity contribution in [2.24, 2.45) is 23.7 Å². The summed E-state index contributed by atoms with van der Waals surface area (Å²) in [6.45, 7) is 16.8. The molecule has 3 aromatic heterocycles. The van der Waals surface area contributed by atoms with Crippen LogP contribution in [0.2, 0.25) is 0 Å². The van der Waals surface area contributed by atoms with Gasteiger partial charge in [-0.2, -0.15) is 11.4 Å². The number of ketones is 1. The van der Waals surface area contributed by atoms with Gasteiger partial charge >= 0.3 is 35.0 Å². The van der Waals surface area contributed by atoms with E-state index >= 15 is 0 Å². The van der Waals surface area contributed by atoms with E-state index in [0.29, 0.717) is 46.1 Å². The third kappa shape index (κ3) is 7.55. The first-order valence-electron chi connectivity index (χ1n) is 18.0. The van der Waals surface area contributed by atoms with Crippen LogP contribution in [0.15, 0.2) is 29.1 Å². The molecule has 3 atom stereocenters. The van der Waals surface area contributed by atoms with E-state index in [4.69, 9.17) is 29.7 Å². The zero-order valence-corrected chi connectivity index (χ0v) is 33.4. The van der Waals surface area contributed by atoms with E-state index in [0.717, 1.165) is 57.3 Å². The molecule has 5 heterocycles. The standard InChI is InChI=1S/C42H49N4O5.Mg/c1-21(2)11-10-12-22(3)15-16-51-35(47)14-13-29-26(7)33-20-32-25(6)24(5)31(44-32)18-28-17-23(4)30(43-28)19-34-27(8)36-40(46-34)37(39(29)45-33)38(41(36)48)42(49)50-9;/h15,17-21,26,29,38H,10-14,16H2,1-9H3,(H-,45,46,48);/q-3;+2/p-1/b22-15+,28-18-,30-19-,33-20-;/t26-,29-,38+;/m0./s1. The topological polar surface area (TPSA) is 126 Å². The van der Waals surface area contributed by atoms with Crippen LogP contribution in [0.3, 0.4) is 0 Å². The quantitative estimate of drug-likeness (QED) is 0.111. The van der Waals surface area contributed by atoms with Crippen LogP contribution >= 0.6 is 0 Å². The number of hydrogen-bond donors (Lipinski definition) is 0. The molecule has 1 aliphatic carbocycles. The molecule has 10 heteroatoms. The molecule has 8 bridgehead atoms. The number of aromatic nitrogens is 3. The van der Waals surface area contributed by atoms with Gasteiger partial charge in [-0.1, -0.05) is 84.9 Å². The van der Waals surface area contributed by atoms with Gasteiger partial charge in [0.2, 0.25) is 0 Å². The number of esters is 2. The van der Waals surface area contributed by atoms with Crippen molar-refractivity contribution in [3.8, 4) is 0 Å². The normalized spacial score (nSPS) is 22.9. The third-order valence-electron chi connectivity index (χ3n) is 10.8. The van der Waals surface area contributed by atoms with E-state index in [1.807, 2.05) is 51.1 Å². The van der Waals surface area contributed by atoms with Crippen LogP contribution in [0.1, 0.15) is 115 Å². The Bertz CT molecular complexity index is 2120. The molecule has 9 nitrogen and oxygen atoms in total. The van der Waals surface area contributed by atoms with Crippen molar-refractivity contribution < 1.29 is 23.9 Å². The molecule has 270 valence electrons. The summed E-state index contributed by atoms with van der Waals surface area (Å²) in [4.78, 5) is 55.5. The average molecular weight is 713 g/mol. The van der Waals surface area contributed by atoms with Crippen molar-refractivity contribution in [3.63, 3.8) is 0 Å². The molecule has 52 heavy (non-hydrogen) atoms. The van der Waals surface area contributed by atoms with Gasteiger partial charge in [-0.05, 0) is 77.7 Å². The molecule has 3 aliphatic rings. The molecule has 0 unspecified atom stereocenters. The average Bonchev–Trinajstić information content (AvgIpc) is 3.83. The summed E-state index contributed by atoms with van der Waals surface area (Å²) in [6, 6.07) is 2.02. The number of fused-ring (bicyclic) bond motifs is 7. The summed E-state index contributed by atoms with van der Waals surface area (Å²) in [5.41, 5.74) is 9.85. The summed E-state index contributed by atoms with van der Waals surface area (Å²) in [7, 11) is 1.29. The number of carbonyl (C=O) groups excluding carboxylic acids is 3.